The summed E-state index contributed by atoms with van der Waals surface area (Å²) in [5.41, 5.74) is 1.48. The second-order valence-electron chi connectivity index (χ2n) is 4.67. The lowest BCUT2D eigenvalue weighted by Gasteiger charge is -2.31. The van der Waals surface area contributed by atoms with Crippen LogP contribution >= 0.6 is 0 Å². The normalized spacial score (nSPS) is 25.0. The summed E-state index contributed by atoms with van der Waals surface area (Å²) in [5.74, 6) is 0.882. The van der Waals surface area contributed by atoms with Crippen LogP contribution < -0.4 is 0 Å². The van der Waals surface area contributed by atoms with Crippen molar-refractivity contribution in [3.63, 3.8) is 0 Å². The highest BCUT2D eigenvalue weighted by Crippen LogP contribution is 2.16. The maximum absolute atomic E-state index is 2.59. The van der Waals surface area contributed by atoms with E-state index in [0.29, 0.717) is 0 Å². The molecule has 1 nitrogen and oxygen atoms in total. The number of allylic oxidation sites excluding steroid dienone is 2. The highest BCUT2D eigenvalue weighted by molar-refractivity contribution is 5.19. The Morgan fingerprint density at radius 1 is 1.47 bits per heavy atom. The van der Waals surface area contributed by atoms with Crippen molar-refractivity contribution in [1.82, 2.24) is 4.90 Å². The number of hydrogen-bond donors (Lipinski definition) is 0. The summed E-state index contributed by atoms with van der Waals surface area (Å²) in [5, 5.41) is 0. The van der Waals surface area contributed by atoms with E-state index in [1.807, 2.05) is 0 Å². The summed E-state index contributed by atoms with van der Waals surface area (Å²) in [7, 11) is 0. The third-order valence-corrected chi connectivity index (χ3v) is 2.99. The van der Waals surface area contributed by atoms with Crippen LogP contribution in [0.2, 0.25) is 0 Å². The number of nitrogens with zero attached hydrogens (tertiary/aromatic N) is 1. The lowest BCUT2D eigenvalue weighted by atomic mass is 9.99. The fourth-order valence-electron chi connectivity index (χ4n) is 2.35. The van der Waals surface area contributed by atoms with Crippen molar-refractivity contribution in [2.24, 2.45) is 5.92 Å². The Bertz CT molecular complexity index is 227. The highest BCUT2D eigenvalue weighted by Gasteiger charge is 2.15. The molecule has 0 aliphatic carbocycles. The van der Waals surface area contributed by atoms with Gasteiger partial charge >= 0.3 is 0 Å². The molecule has 1 aliphatic rings. The molecule has 86 valence electrons. The summed E-state index contributed by atoms with van der Waals surface area (Å²) < 4.78 is 0. The molecule has 1 aliphatic heterocycles. The molecule has 0 saturated carbocycles. The molecule has 1 rings (SSSR count). The highest BCUT2D eigenvalue weighted by atomic mass is 15.1. The molecule has 1 fully saturated rings. The van der Waals surface area contributed by atoms with Gasteiger partial charge in [0.1, 0.15) is 0 Å². The Morgan fingerprint density at radius 2 is 2.27 bits per heavy atom. The first-order valence-electron chi connectivity index (χ1n) is 6.30. The van der Waals surface area contributed by atoms with E-state index in [-0.39, 0.29) is 0 Å². The number of rotatable bonds is 4. The fourth-order valence-corrected chi connectivity index (χ4v) is 2.35. The molecule has 0 spiro atoms. The van der Waals surface area contributed by atoms with Gasteiger partial charge in [0.05, 0.1) is 0 Å². The van der Waals surface area contributed by atoms with Crippen LogP contribution in [-0.4, -0.2) is 24.5 Å². The molecule has 1 unspecified atom stereocenters. The standard InChI is InChI=1S/C14H25N/c1-4-7-14(8-5-2)12-15-10-6-9-13(3)11-15/h4,7-8,13H,5-6,9-12H2,1-3H3/b7-4-,14-8+. The average Bonchev–Trinajstić information content (AvgIpc) is 2.18. The second-order valence-corrected chi connectivity index (χ2v) is 4.67. The van der Waals surface area contributed by atoms with Gasteiger partial charge in [-0.25, -0.2) is 0 Å². The van der Waals surface area contributed by atoms with Gasteiger partial charge in [-0.3, -0.25) is 4.90 Å². The molecule has 0 bridgehead atoms. The van der Waals surface area contributed by atoms with E-state index in [0.717, 1.165) is 18.9 Å². The molecule has 0 amide bonds. The Labute approximate surface area is 94.9 Å². The molecular weight excluding hydrogens is 182 g/mol. The van der Waals surface area contributed by atoms with Gasteiger partial charge in [-0.2, -0.15) is 0 Å². The van der Waals surface area contributed by atoms with E-state index in [2.05, 4.69) is 43.9 Å². The Morgan fingerprint density at radius 3 is 2.87 bits per heavy atom. The third kappa shape index (κ3) is 4.65. The predicted molar refractivity (Wildman–Crippen MR) is 68.0 cm³/mol. The molecule has 0 N–H and O–H groups in total. The van der Waals surface area contributed by atoms with Crippen LogP contribution in [0.15, 0.2) is 23.8 Å². The van der Waals surface area contributed by atoms with Crippen molar-refractivity contribution in [3.8, 4) is 0 Å². The Hall–Kier alpha value is -0.560. The van der Waals surface area contributed by atoms with Gasteiger partial charge in [0.25, 0.3) is 0 Å². The molecule has 1 saturated heterocycles. The van der Waals surface area contributed by atoms with Crippen LogP contribution in [0.5, 0.6) is 0 Å². The smallest absolute Gasteiger partial charge is 0.0230 e. The number of piperidine rings is 1. The van der Waals surface area contributed by atoms with Gasteiger partial charge in [-0.05, 0) is 44.2 Å². The van der Waals surface area contributed by atoms with E-state index in [1.165, 1.54) is 31.5 Å². The second kappa shape index (κ2) is 6.84. The summed E-state index contributed by atoms with van der Waals surface area (Å²) in [6.07, 6.45) is 10.7. The molecule has 0 aromatic heterocycles. The fraction of sp³-hybridized carbons (Fsp3) is 0.714. The molecule has 0 aromatic carbocycles. The quantitative estimate of drug-likeness (QED) is 0.636. The largest absolute Gasteiger partial charge is 0.299 e. The molecule has 0 aromatic rings. The zero-order valence-corrected chi connectivity index (χ0v) is 10.5. The van der Waals surface area contributed by atoms with E-state index >= 15 is 0 Å². The van der Waals surface area contributed by atoms with Crippen LogP contribution in [0, 0.1) is 5.92 Å². The first-order valence-corrected chi connectivity index (χ1v) is 6.30. The van der Waals surface area contributed by atoms with Gasteiger partial charge in [0.15, 0.2) is 0 Å². The lowest BCUT2D eigenvalue weighted by Crippen LogP contribution is -2.35. The van der Waals surface area contributed by atoms with E-state index in [4.69, 9.17) is 0 Å². The minimum absolute atomic E-state index is 0.882. The summed E-state index contributed by atoms with van der Waals surface area (Å²) in [6.45, 7) is 10.4. The van der Waals surface area contributed by atoms with Crippen molar-refractivity contribution >= 4 is 0 Å². The van der Waals surface area contributed by atoms with E-state index < -0.39 is 0 Å². The average molecular weight is 207 g/mol. The monoisotopic (exact) mass is 207 g/mol. The molecule has 15 heavy (non-hydrogen) atoms. The maximum atomic E-state index is 2.59. The lowest BCUT2D eigenvalue weighted by molar-refractivity contribution is 0.199. The van der Waals surface area contributed by atoms with Crippen LogP contribution in [0.3, 0.4) is 0 Å². The van der Waals surface area contributed by atoms with Crippen molar-refractivity contribution in [2.75, 3.05) is 19.6 Å². The summed E-state index contributed by atoms with van der Waals surface area (Å²) >= 11 is 0. The third-order valence-electron chi connectivity index (χ3n) is 2.99. The molecule has 1 heteroatoms. The number of likely N-dealkylation sites (tertiary alicyclic amines) is 1. The van der Waals surface area contributed by atoms with Crippen molar-refractivity contribution < 1.29 is 0 Å². The minimum Gasteiger partial charge on any atom is -0.299 e. The van der Waals surface area contributed by atoms with Crippen LogP contribution in [0.1, 0.15) is 40.0 Å². The summed E-state index contributed by atoms with van der Waals surface area (Å²) in [6, 6.07) is 0. The molecule has 1 heterocycles. The van der Waals surface area contributed by atoms with E-state index in [1.54, 1.807) is 0 Å². The Kier molecular flexibility index (Phi) is 5.70. The van der Waals surface area contributed by atoms with Gasteiger partial charge < -0.3 is 0 Å². The van der Waals surface area contributed by atoms with E-state index in [9.17, 15) is 0 Å². The van der Waals surface area contributed by atoms with Crippen LogP contribution in [0.25, 0.3) is 0 Å². The topological polar surface area (TPSA) is 3.24 Å². The first-order chi connectivity index (χ1) is 7.26. The first kappa shape index (κ1) is 12.5. The van der Waals surface area contributed by atoms with Gasteiger partial charge in [0, 0.05) is 13.1 Å². The predicted octanol–water partition coefficient (Wildman–Crippen LogP) is 3.63. The minimum atomic E-state index is 0.882. The molecule has 0 radical (unpaired) electrons. The van der Waals surface area contributed by atoms with Gasteiger partial charge in [-0.15, -0.1) is 0 Å². The van der Waals surface area contributed by atoms with Gasteiger partial charge in [-0.1, -0.05) is 32.1 Å². The summed E-state index contributed by atoms with van der Waals surface area (Å²) in [4.78, 5) is 2.59. The van der Waals surface area contributed by atoms with Crippen molar-refractivity contribution in [3.05, 3.63) is 23.8 Å². The maximum Gasteiger partial charge on any atom is 0.0230 e. The Balaban J connectivity index is 2.46. The van der Waals surface area contributed by atoms with Crippen molar-refractivity contribution in [1.29, 1.82) is 0 Å². The van der Waals surface area contributed by atoms with Crippen LogP contribution in [0.4, 0.5) is 0 Å². The SMILES string of the molecule is C/C=C\C(=C/CC)CN1CCCC(C)C1. The molecule has 1 atom stereocenters. The van der Waals surface area contributed by atoms with Crippen LogP contribution in [-0.2, 0) is 0 Å². The molecular formula is C14H25N. The zero-order chi connectivity index (χ0) is 11.1. The number of hydrogen-bond acceptors (Lipinski definition) is 1. The van der Waals surface area contributed by atoms with Gasteiger partial charge in [0.2, 0.25) is 0 Å². The zero-order valence-electron chi connectivity index (χ0n) is 10.5. The van der Waals surface area contributed by atoms with Crippen molar-refractivity contribution in [2.45, 2.75) is 40.0 Å².